The van der Waals surface area contributed by atoms with Crippen LogP contribution >= 0.6 is 0 Å². The van der Waals surface area contributed by atoms with E-state index < -0.39 is 0 Å². The van der Waals surface area contributed by atoms with Crippen LogP contribution in [0.4, 0.5) is 5.69 Å². The van der Waals surface area contributed by atoms with Gasteiger partial charge in [0.05, 0.1) is 11.4 Å². The summed E-state index contributed by atoms with van der Waals surface area (Å²) in [6, 6.07) is 12.8. The molecule has 1 saturated heterocycles. The van der Waals surface area contributed by atoms with Crippen molar-refractivity contribution >= 4 is 5.69 Å². The SMILES string of the molecule is CCc1ncc(-c2ccccc2)cc1N1CCCNCC1. The molecule has 0 spiro atoms. The molecule has 3 nitrogen and oxygen atoms in total. The lowest BCUT2D eigenvalue weighted by Crippen LogP contribution is -2.29. The topological polar surface area (TPSA) is 28.2 Å². The van der Waals surface area contributed by atoms with E-state index in [2.05, 4.69) is 53.5 Å². The molecule has 3 heteroatoms. The molecular formula is C18H23N3. The van der Waals surface area contributed by atoms with Crippen LogP contribution in [0, 0.1) is 0 Å². The van der Waals surface area contributed by atoms with Crippen molar-refractivity contribution in [2.24, 2.45) is 0 Å². The minimum absolute atomic E-state index is 0.980. The lowest BCUT2D eigenvalue weighted by molar-refractivity contribution is 0.724. The molecule has 1 aliphatic rings. The highest BCUT2D eigenvalue weighted by molar-refractivity contribution is 5.68. The standard InChI is InChI=1S/C18H23N3/c1-2-17-18(21-11-6-9-19-10-12-21)13-16(14-20-17)15-7-4-3-5-8-15/h3-5,7-8,13-14,19H,2,6,9-12H2,1H3. The number of benzene rings is 1. The van der Waals surface area contributed by atoms with Crippen LogP contribution in [0.25, 0.3) is 11.1 Å². The summed E-state index contributed by atoms with van der Waals surface area (Å²) in [6.45, 7) is 6.53. The van der Waals surface area contributed by atoms with Crippen LogP contribution in [-0.2, 0) is 6.42 Å². The predicted octanol–water partition coefficient (Wildman–Crippen LogP) is 3.11. The van der Waals surface area contributed by atoms with E-state index in [1.807, 2.05) is 6.20 Å². The molecule has 2 aromatic rings. The number of anilines is 1. The van der Waals surface area contributed by atoms with Gasteiger partial charge in [0.1, 0.15) is 0 Å². The fourth-order valence-corrected chi connectivity index (χ4v) is 2.90. The van der Waals surface area contributed by atoms with Gasteiger partial charge in [-0.05, 0) is 31.0 Å². The molecule has 1 aromatic carbocycles. The highest BCUT2D eigenvalue weighted by atomic mass is 15.2. The first-order valence-electron chi connectivity index (χ1n) is 7.88. The molecule has 0 unspecified atom stereocenters. The number of nitrogens with zero attached hydrogens (tertiary/aromatic N) is 2. The van der Waals surface area contributed by atoms with Crippen LogP contribution < -0.4 is 10.2 Å². The maximum absolute atomic E-state index is 4.72. The Morgan fingerprint density at radius 2 is 1.95 bits per heavy atom. The fourth-order valence-electron chi connectivity index (χ4n) is 2.90. The molecule has 0 radical (unpaired) electrons. The van der Waals surface area contributed by atoms with Crippen molar-refractivity contribution in [1.82, 2.24) is 10.3 Å². The number of nitrogens with one attached hydrogen (secondary N) is 1. The third-order valence-corrected chi connectivity index (χ3v) is 4.07. The zero-order valence-electron chi connectivity index (χ0n) is 12.7. The highest BCUT2D eigenvalue weighted by Gasteiger charge is 2.14. The average molecular weight is 281 g/mol. The normalized spacial score (nSPS) is 15.8. The first-order valence-corrected chi connectivity index (χ1v) is 7.88. The molecule has 1 fully saturated rings. The van der Waals surface area contributed by atoms with Crippen LogP contribution in [0.3, 0.4) is 0 Å². The van der Waals surface area contributed by atoms with Gasteiger partial charge in [-0.15, -0.1) is 0 Å². The molecule has 110 valence electrons. The summed E-state index contributed by atoms with van der Waals surface area (Å²) in [6.07, 6.45) is 4.18. The molecule has 0 amide bonds. The lowest BCUT2D eigenvalue weighted by atomic mass is 10.1. The van der Waals surface area contributed by atoms with Gasteiger partial charge in [0.25, 0.3) is 0 Å². The van der Waals surface area contributed by atoms with Crippen LogP contribution in [0.15, 0.2) is 42.6 Å². The maximum Gasteiger partial charge on any atom is 0.0634 e. The first-order chi connectivity index (χ1) is 10.4. The third kappa shape index (κ3) is 3.24. The zero-order valence-corrected chi connectivity index (χ0v) is 12.7. The molecule has 0 atom stereocenters. The minimum Gasteiger partial charge on any atom is -0.369 e. The van der Waals surface area contributed by atoms with Crippen molar-refractivity contribution < 1.29 is 0 Å². The van der Waals surface area contributed by atoms with Gasteiger partial charge in [0.2, 0.25) is 0 Å². The second kappa shape index (κ2) is 6.72. The van der Waals surface area contributed by atoms with Gasteiger partial charge >= 0.3 is 0 Å². The summed E-state index contributed by atoms with van der Waals surface area (Å²) in [7, 11) is 0. The Morgan fingerprint density at radius 3 is 2.76 bits per heavy atom. The number of rotatable bonds is 3. The highest BCUT2D eigenvalue weighted by Crippen LogP contribution is 2.27. The van der Waals surface area contributed by atoms with Crippen LogP contribution in [0.2, 0.25) is 0 Å². The Balaban J connectivity index is 1.97. The summed E-state index contributed by atoms with van der Waals surface area (Å²) < 4.78 is 0. The minimum atomic E-state index is 0.980. The molecule has 2 heterocycles. The number of hydrogen-bond donors (Lipinski definition) is 1. The Labute approximate surface area is 127 Å². The lowest BCUT2D eigenvalue weighted by Gasteiger charge is -2.25. The van der Waals surface area contributed by atoms with E-state index in [9.17, 15) is 0 Å². The van der Waals surface area contributed by atoms with Gasteiger partial charge < -0.3 is 10.2 Å². The maximum atomic E-state index is 4.72. The van der Waals surface area contributed by atoms with E-state index in [0.29, 0.717) is 0 Å². The van der Waals surface area contributed by atoms with Crippen LogP contribution in [0.5, 0.6) is 0 Å². The fraction of sp³-hybridized carbons (Fsp3) is 0.389. The van der Waals surface area contributed by atoms with E-state index in [0.717, 1.165) is 32.6 Å². The number of pyridine rings is 1. The van der Waals surface area contributed by atoms with E-state index in [4.69, 9.17) is 4.98 Å². The van der Waals surface area contributed by atoms with E-state index in [1.165, 1.54) is 28.9 Å². The monoisotopic (exact) mass is 281 g/mol. The van der Waals surface area contributed by atoms with Gasteiger partial charge in [-0.25, -0.2) is 0 Å². The molecule has 1 aliphatic heterocycles. The second-order valence-corrected chi connectivity index (χ2v) is 5.50. The number of aromatic nitrogens is 1. The van der Waals surface area contributed by atoms with Crippen LogP contribution in [-0.4, -0.2) is 31.2 Å². The van der Waals surface area contributed by atoms with Crippen molar-refractivity contribution in [3.05, 3.63) is 48.3 Å². The largest absolute Gasteiger partial charge is 0.369 e. The summed E-state index contributed by atoms with van der Waals surface area (Å²) in [5.41, 5.74) is 4.96. The van der Waals surface area contributed by atoms with Crippen LogP contribution in [0.1, 0.15) is 19.0 Å². The van der Waals surface area contributed by atoms with E-state index in [-0.39, 0.29) is 0 Å². The van der Waals surface area contributed by atoms with Gasteiger partial charge in [-0.2, -0.15) is 0 Å². The number of hydrogen-bond acceptors (Lipinski definition) is 3. The Morgan fingerprint density at radius 1 is 1.10 bits per heavy atom. The summed E-state index contributed by atoms with van der Waals surface area (Å²) >= 11 is 0. The Hall–Kier alpha value is -1.87. The molecule has 3 rings (SSSR count). The van der Waals surface area contributed by atoms with Gasteiger partial charge in [-0.1, -0.05) is 37.3 Å². The van der Waals surface area contributed by atoms with E-state index in [1.54, 1.807) is 0 Å². The second-order valence-electron chi connectivity index (χ2n) is 5.50. The molecule has 0 saturated carbocycles. The third-order valence-electron chi connectivity index (χ3n) is 4.07. The summed E-state index contributed by atoms with van der Waals surface area (Å²) in [4.78, 5) is 7.20. The van der Waals surface area contributed by atoms with E-state index >= 15 is 0 Å². The quantitative estimate of drug-likeness (QED) is 0.937. The summed E-state index contributed by atoms with van der Waals surface area (Å²) in [5.74, 6) is 0. The molecule has 21 heavy (non-hydrogen) atoms. The molecular weight excluding hydrogens is 258 g/mol. The van der Waals surface area contributed by atoms with Crippen molar-refractivity contribution in [2.45, 2.75) is 19.8 Å². The van der Waals surface area contributed by atoms with Crippen molar-refractivity contribution in [3.63, 3.8) is 0 Å². The zero-order chi connectivity index (χ0) is 14.5. The molecule has 0 bridgehead atoms. The first kappa shape index (κ1) is 14.1. The predicted molar refractivity (Wildman–Crippen MR) is 88.8 cm³/mol. The average Bonchev–Trinajstić information content (AvgIpc) is 2.84. The van der Waals surface area contributed by atoms with Gasteiger partial charge in [0.15, 0.2) is 0 Å². The molecule has 0 aliphatic carbocycles. The van der Waals surface area contributed by atoms with Gasteiger partial charge in [-0.3, -0.25) is 4.98 Å². The van der Waals surface area contributed by atoms with Gasteiger partial charge in [0, 0.05) is 31.4 Å². The number of aryl methyl sites for hydroxylation is 1. The smallest absolute Gasteiger partial charge is 0.0634 e. The Bertz CT molecular complexity index is 572. The Kier molecular flexibility index (Phi) is 4.51. The van der Waals surface area contributed by atoms with Crippen molar-refractivity contribution in [3.8, 4) is 11.1 Å². The molecule has 1 N–H and O–H groups in total. The van der Waals surface area contributed by atoms with Crippen molar-refractivity contribution in [2.75, 3.05) is 31.1 Å². The summed E-state index contributed by atoms with van der Waals surface area (Å²) in [5, 5.41) is 3.47. The molecule has 1 aromatic heterocycles. The van der Waals surface area contributed by atoms with Crippen molar-refractivity contribution in [1.29, 1.82) is 0 Å².